The second-order valence-corrected chi connectivity index (χ2v) is 7.09. The zero-order valence-electron chi connectivity index (χ0n) is 15.2. The van der Waals surface area contributed by atoms with E-state index in [9.17, 15) is 18.0 Å². The largest absolute Gasteiger partial charge is 0.416 e. The van der Waals surface area contributed by atoms with Crippen LogP contribution in [0.2, 0.25) is 5.02 Å². The minimum Gasteiger partial charge on any atom is -0.339 e. The van der Waals surface area contributed by atoms with E-state index in [0.29, 0.717) is 30.5 Å². The number of hydrogen-bond donors (Lipinski definition) is 1. The number of amides is 1. The van der Waals surface area contributed by atoms with Crippen molar-refractivity contribution in [2.24, 2.45) is 0 Å². The lowest BCUT2D eigenvalue weighted by Gasteiger charge is -2.36. The first kappa shape index (κ1) is 20.2. The summed E-state index contributed by atoms with van der Waals surface area (Å²) in [4.78, 5) is 26.3. The molecule has 3 heterocycles. The van der Waals surface area contributed by atoms with Gasteiger partial charge in [-0.05, 0) is 18.2 Å². The minimum atomic E-state index is -4.52. The summed E-state index contributed by atoms with van der Waals surface area (Å²) in [6, 6.07) is 2.77. The van der Waals surface area contributed by atoms with Gasteiger partial charge in [-0.3, -0.25) is 14.7 Å². The van der Waals surface area contributed by atoms with Crippen molar-refractivity contribution in [2.75, 3.05) is 25.0 Å². The van der Waals surface area contributed by atoms with Gasteiger partial charge in [0.2, 0.25) is 17.6 Å². The number of rotatable bonds is 5. The molecule has 0 atom stereocenters. The Labute approximate surface area is 173 Å². The van der Waals surface area contributed by atoms with E-state index in [2.05, 4.69) is 25.4 Å². The van der Waals surface area contributed by atoms with Gasteiger partial charge >= 0.3 is 6.18 Å². The molecule has 0 saturated carbocycles. The molecule has 8 nitrogen and oxygen atoms in total. The maximum atomic E-state index is 12.8. The van der Waals surface area contributed by atoms with E-state index in [1.165, 1.54) is 18.6 Å². The van der Waals surface area contributed by atoms with Gasteiger partial charge < -0.3 is 9.84 Å². The Morgan fingerprint density at radius 1 is 1.30 bits per heavy atom. The first-order valence-corrected chi connectivity index (χ1v) is 9.16. The number of carbonyl (C=O) groups excluding carboxylic acids is 1. The van der Waals surface area contributed by atoms with Crippen LogP contribution in [0.25, 0.3) is 11.5 Å². The van der Waals surface area contributed by atoms with E-state index in [1.54, 1.807) is 4.90 Å². The van der Waals surface area contributed by atoms with Gasteiger partial charge in [-0.25, -0.2) is 4.98 Å². The predicted molar refractivity (Wildman–Crippen MR) is 99.6 cm³/mol. The average molecular weight is 439 g/mol. The SMILES string of the molecule is O=C(CN1CC(c2nc(-c3cnccn3)no2)C1)Nc1cc(C(F)(F)F)ccc1Cl. The van der Waals surface area contributed by atoms with Crippen LogP contribution in [-0.4, -0.2) is 50.5 Å². The lowest BCUT2D eigenvalue weighted by atomic mass is 10.0. The third kappa shape index (κ3) is 4.41. The Morgan fingerprint density at radius 3 is 2.80 bits per heavy atom. The molecule has 1 N–H and O–H groups in total. The zero-order chi connectivity index (χ0) is 21.3. The second kappa shape index (κ2) is 8.00. The van der Waals surface area contributed by atoms with Gasteiger partial charge in [0.15, 0.2) is 0 Å². The van der Waals surface area contributed by atoms with Crippen molar-refractivity contribution in [1.82, 2.24) is 25.0 Å². The Balaban J connectivity index is 1.31. The monoisotopic (exact) mass is 438 g/mol. The van der Waals surface area contributed by atoms with E-state index in [-0.39, 0.29) is 23.2 Å². The molecule has 1 amide bonds. The first-order valence-electron chi connectivity index (χ1n) is 8.78. The number of likely N-dealkylation sites (tertiary alicyclic amines) is 1. The van der Waals surface area contributed by atoms with Gasteiger partial charge in [0.1, 0.15) is 5.69 Å². The van der Waals surface area contributed by atoms with Crippen LogP contribution in [-0.2, 0) is 11.0 Å². The highest BCUT2D eigenvalue weighted by atomic mass is 35.5. The molecule has 0 unspecified atom stereocenters. The van der Waals surface area contributed by atoms with Crippen molar-refractivity contribution in [3.05, 3.63) is 53.3 Å². The maximum Gasteiger partial charge on any atom is 0.416 e. The van der Waals surface area contributed by atoms with Gasteiger partial charge in [0, 0.05) is 25.5 Å². The van der Waals surface area contributed by atoms with Crippen molar-refractivity contribution >= 4 is 23.2 Å². The topological polar surface area (TPSA) is 97.0 Å². The van der Waals surface area contributed by atoms with E-state index in [4.69, 9.17) is 16.1 Å². The number of nitrogens with zero attached hydrogens (tertiary/aromatic N) is 5. The maximum absolute atomic E-state index is 12.8. The quantitative estimate of drug-likeness (QED) is 0.653. The fraction of sp³-hybridized carbons (Fsp3) is 0.278. The highest BCUT2D eigenvalue weighted by Crippen LogP contribution is 2.34. The highest BCUT2D eigenvalue weighted by molar-refractivity contribution is 6.33. The molecule has 12 heteroatoms. The van der Waals surface area contributed by atoms with Crippen LogP contribution >= 0.6 is 11.6 Å². The molecule has 0 radical (unpaired) electrons. The molecular formula is C18H14ClF3N6O2. The lowest BCUT2D eigenvalue weighted by molar-refractivity contribution is -0.137. The third-order valence-corrected chi connectivity index (χ3v) is 4.80. The fourth-order valence-corrected chi connectivity index (χ4v) is 3.13. The summed E-state index contributed by atoms with van der Waals surface area (Å²) in [7, 11) is 0. The summed E-state index contributed by atoms with van der Waals surface area (Å²) in [5.74, 6) is 0.232. The normalized spacial score (nSPS) is 15.1. The molecule has 1 fully saturated rings. The standard InChI is InChI=1S/C18H14ClF3N6O2/c19-12-2-1-11(18(20,21)22)5-13(12)25-15(29)9-28-7-10(8-28)17-26-16(27-30-17)14-6-23-3-4-24-14/h1-6,10H,7-9H2,(H,25,29). The van der Waals surface area contributed by atoms with Crippen molar-refractivity contribution < 1.29 is 22.5 Å². The van der Waals surface area contributed by atoms with Gasteiger partial charge in [-0.2, -0.15) is 18.2 Å². The van der Waals surface area contributed by atoms with Crippen LogP contribution in [0.5, 0.6) is 0 Å². The molecule has 1 saturated heterocycles. The molecule has 1 aliphatic rings. The van der Waals surface area contributed by atoms with Gasteiger partial charge in [0.05, 0.1) is 34.9 Å². The predicted octanol–water partition coefficient (Wildman–Crippen LogP) is 3.24. The number of alkyl halides is 3. The highest BCUT2D eigenvalue weighted by Gasteiger charge is 2.34. The van der Waals surface area contributed by atoms with Gasteiger partial charge in [0.25, 0.3) is 0 Å². The minimum absolute atomic E-state index is 0.00572. The second-order valence-electron chi connectivity index (χ2n) is 6.68. The number of halogens is 4. The lowest BCUT2D eigenvalue weighted by Crippen LogP contribution is -2.48. The molecule has 156 valence electrons. The first-order chi connectivity index (χ1) is 14.3. The third-order valence-electron chi connectivity index (χ3n) is 4.48. The molecule has 2 aromatic heterocycles. The molecule has 1 aliphatic heterocycles. The summed E-state index contributed by atoms with van der Waals surface area (Å²) in [6.45, 7) is 0.978. The van der Waals surface area contributed by atoms with Gasteiger partial charge in [-0.15, -0.1) is 0 Å². The molecule has 1 aromatic carbocycles. The summed E-state index contributed by atoms with van der Waals surface area (Å²) >= 11 is 5.90. The molecule has 30 heavy (non-hydrogen) atoms. The summed E-state index contributed by atoms with van der Waals surface area (Å²) in [6.07, 6.45) is 0.0472. The van der Waals surface area contributed by atoms with Crippen LogP contribution in [0.4, 0.5) is 18.9 Å². The number of aromatic nitrogens is 4. The van der Waals surface area contributed by atoms with Crippen molar-refractivity contribution in [2.45, 2.75) is 12.1 Å². The molecular weight excluding hydrogens is 425 g/mol. The summed E-state index contributed by atoms with van der Waals surface area (Å²) in [5, 5.41) is 6.33. The Bertz CT molecular complexity index is 1050. The van der Waals surface area contributed by atoms with Crippen molar-refractivity contribution in [3.63, 3.8) is 0 Å². The fourth-order valence-electron chi connectivity index (χ4n) is 2.96. The van der Waals surface area contributed by atoms with E-state index >= 15 is 0 Å². The molecule has 0 spiro atoms. The van der Waals surface area contributed by atoms with Crippen LogP contribution in [0.15, 0.2) is 41.3 Å². The molecule has 0 bridgehead atoms. The number of nitrogens with one attached hydrogen (secondary N) is 1. The number of benzene rings is 1. The van der Waals surface area contributed by atoms with E-state index < -0.39 is 17.6 Å². The van der Waals surface area contributed by atoms with Crippen LogP contribution < -0.4 is 5.32 Å². The van der Waals surface area contributed by atoms with E-state index in [1.807, 2.05) is 0 Å². The van der Waals surface area contributed by atoms with Crippen molar-refractivity contribution in [1.29, 1.82) is 0 Å². The summed E-state index contributed by atoms with van der Waals surface area (Å²) < 4.78 is 43.8. The van der Waals surface area contributed by atoms with Crippen molar-refractivity contribution in [3.8, 4) is 11.5 Å². The number of hydrogen-bond acceptors (Lipinski definition) is 7. The van der Waals surface area contributed by atoms with E-state index in [0.717, 1.165) is 18.2 Å². The number of anilines is 1. The Hall–Kier alpha value is -3.05. The average Bonchev–Trinajstić information content (AvgIpc) is 3.15. The van der Waals surface area contributed by atoms with Crippen LogP contribution in [0.1, 0.15) is 17.4 Å². The molecule has 0 aliphatic carbocycles. The Kier molecular flexibility index (Phi) is 5.39. The zero-order valence-corrected chi connectivity index (χ0v) is 16.0. The molecule has 3 aromatic rings. The van der Waals surface area contributed by atoms with Gasteiger partial charge in [-0.1, -0.05) is 16.8 Å². The Morgan fingerprint density at radius 2 is 2.10 bits per heavy atom. The van der Waals surface area contributed by atoms with Crippen LogP contribution in [0.3, 0.4) is 0 Å². The molecule has 4 rings (SSSR count). The smallest absolute Gasteiger partial charge is 0.339 e. The summed E-state index contributed by atoms with van der Waals surface area (Å²) in [5.41, 5.74) is -0.485. The van der Waals surface area contributed by atoms with Crippen LogP contribution in [0, 0.1) is 0 Å². The number of carbonyl (C=O) groups is 1.